The zero-order valence-electron chi connectivity index (χ0n) is 12.0. The van der Waals surface area contributed by atoms with Crippen LogP contribution in [0.1, 0.15) is 46.5 Å². The minimum atomic E-state index is -0.332. The molecule has 2 aliphatic rings. The summed E-state index contributed by atoms with van der Waals surface area (Å²) in [5, 5.41) is 0. The number of ether oxygens (including phenoxy) is 2. The Balaban J connectivity index is 2.08. The standard InChI is InChI=1S/C14H28N2O2/c1-4-11(3)16(5-2)13-10-14(7-6-12(13)15)17-8-9-18-14/h11-13H,4-10,15H2,1-3H3. The maximum absolute atomic E-state index is 6.35. The smallest absolute Gasteiger partial charge is 0.170 e. The second kappa shape index (κ2) is 5.87. The summed E-state index contributed by atoms with van der Waals surface area (Å²) in [6, 6.07) is 1.21. The first-order chi connectivity index (χ1) is 8.62. The lowest BCUT2D eigenvalue weighted by molar-refractivity contribution is -0.193. The van der Waals surface area contributed by atoms with Crippen LogP contribution in [0.4, 0.5) is 0 Å². The Morgan fingerprint density at radius 1 is 1.33 bits per heavy atom. The van der Waals surface area contributed by atoms with Gasteiger partial charge in [-0.1, -0.05) is 13.8 Å². The Hall–Kier alpha value is -0.160. The molecule has 2 N–H and O–H groups in total. The van der Waals surface area contributed by atoms with Crippen molar-refractivity contribution >= 4 is 0 Å². The van der Waals surface area contributed by atoms with E-state index in [9.17, 15) is 0 Å². The fourth-order valence-corrected chi connectivity index (χ4v) is 3.38. The maximum Gasteiger partial charge on any atom is 0.170 e. The Labute approximate surface area is 111 Å². The lowest BCUT2D eigenvalue weighted by Crippen LogP contribution is -2.58. The fraction of sp³-hybridized carbons (Fsp3) is 1.00. The van der Waals surface area contributed by atoms with Gasteiger partial charge in [0.15, 0.2) is 5.79 Å². The van der Waals surface area contributed by atoms with Crippen molar-refractivity contribution in [2.45, 2.75) is 70.4 Å². The Morgan fingerprint density at radius 2 is 2.00 bits per heavy atom. The molecule has 0 bridgehead atoms. The highest BCUT2D eigenvalue weighted by Crippen LogP contribution is 2.37. The third-order valence-corrected chi connectivity index (χ3v) is 4.63. The second-order valence-corrected chi connectivity index (χ2v) is 5.67. The monoisotopic (exact) mass is 256 g/mol. The van der Waals surface area contributed by atoms with Crippen LogP contribution in [0.3, 0.4) is 0 Å². The van der Waals surface area contributed by atoms with E-state index in [0.29, 0.717) is 12.1 Å². The molecule has 0 radical (unpaired) electrons. The molecule has 2 fully saturated rings. The molecule has 3 atom stereocenters. The summed E-state index contributed by atoms with van der Waals surface area (Å²) in [7, 11) is 0. The Bertz CT molecular complexity index is 267. The minimum Gasteiger partial charge on any atom is -0.347 e. The molecule has 1 saturated heterocycles. The van der Waals surface area contributed by atoms with Crippen LogP contribution < -0.4 is 5.73 Å². The predicted molar refractivity (Wildman–Crippen MR) is 72.4 cm³/mol. The van der Waals surface area contributed by atoms with Crippen molar-refractivity contribution < 1.29 is 9.47 Å². The van der Waals surface area contributed by atoms with Crippen LogP contribution in [-0.2, 0) is 9.47 Å². The normalized spacial score (nSPS) is 33.2. The summed E-state index contributed by atoms with van der Waals surface area (Å²) < 4.78 is 11.7. The highest BCUT2D eigenvalue weighted by atomic mass is 16.7. The van der Waals surface area contributed by atoms with Gasteiger partial charge in [0, 0.05) is 31.0 Å². The van der Waals surface area contributed by atoms with E-state index in [0.717, 1.165) is 45.4 Å². The number of rotatable bonds is 4. The van der Waals surface area contributed by atoms with Gasteiger partial charge >= 0.3 is 0 Å². The van der Waals surface area contributed by atoms with Gasteiger partial charge in [0.25, 0.3) is 0 Å². The van der Waals surface area contributed by atoms with Gasteiger partial charge in [-0.2, -0.15) is 0 Å². The van der Waals surface area contributed by atoms with Gasteiger partial charge in [0.05, 0.1) is 13.2 Å². The molecule has 106 valence electrons. The van der Waals surface area contributed by atoms with Crippen molar-refractivity contribution in [1.82, 2.24) is 4.90 Å². The van der Waals surface area contributed by atoms with Crippen molar-refractivity contribution in [2.75, 3.05) is 19.8 Å². The molecule has 4 heteroatoms. The van der Waals surface area contributed by atoms with Crippen LogP contribution in [0.15, 0.2) is 0 Å². The molecule has 4 nitrogen and oxygen atoms in total. The molecule has 0 aromatic rings. The largest absolute Gasteiger partial charge is 0.347 e. The molecular formula is C14H28N2O2. The van der Waals surface area contributed by atoms with Crippen LogP contribution in [0.25, 0.3) is 0 Å². The molecule has 1 heterocycles. The molecule has 2 rings (SSSR count). The van der Waals surface area contributed by atoms with Gasteiger partial charge in [0.2, 0.25) is 0 Å². The summed E-state index contributed by atoms with van der Waals surface area (Å²) in [5.74, 6) is -0.332. The van der Waals surface area contributed by atoms with E-state index >= 15 is 0 Å². The van der Waals surface area contributed by atoms with Crippen LogP contribution in [0.5, 0.6) is 0 Å². The fourth-order valence-electron chi connectivity index (χ4n) is 3.38. The Kier molecular flexibility index (Phi) is 4.64. The van der Waals surface area contributed by atoms with Gasteiger partial charge in [0.1, 0.15) is 0 Å². The topological polar surface area (TPSA) is 47.7 Å². The van der Waals surface area contributed by atoms with Crippen molar-refractivity contribution in [3.63, 3.8) is 0 Å². The summed E-state index contributed by atoms with van der Waals surface area (Å²) in [4.78, 5) is 2.52. The summed E-state index contributed by atoms with van der Waals surface area (Å²) in [6.45, 7) is 9.25. The van der Waals surface area contributed by atoms with E-state index in [1.807, 2.05) is 0 Å². The third-order valence-electron chi connectivity index (χ3n) is 4.63. The lowest BCUT2D eigenvalue weighted by atomic mass is 9.84. The summed E-state index contributed by atoms with van der Waals surface area (Å²) in [6.07, 6.45) is 4.03. The molecular weight excluding hydrogens is 228 g/mol. The van der Waals surface area contributed by atoms with E-state index in [1.54, 1.807) is 0 Å². The van der Waals surface area contributed by atoms with E-state index in [1.165, 1.54) is 0 Å². The van der Waals surface area contributed by atoms with E-state index in [-0.39, 0.29) is 11.8 Å². The Morgan fingerprint density at radius 3 is 2.56 bits per heavy atom. The van der Waals surface area contributed by atoms with Crippen molar-refractivity contribution in [3.05, 3.63) is 0 Å². The van der Waals surface area contributed by atoms with Gasteiger partial charge in [-0.25, -0.2) is 0 Å². The number of hydrogen-bond acceptors (Lipinski definition) is 4. The SMILES string of the molecule is CCC(C)N(CC)C1CC2(CCC1N)OCCO2. The van der Waals surface area contributed by atoms with Crippen LogP contribution in [0.2, 0.25) is 0 Å². The lowest BCUT2D eigenvalue weighted by Gasteiger charge is -2.46. The molecule has 1 aliphatic heterocycles. The minimum absolute atomic E-state index is 0.248. The average molecular weight is 256 g/mol. The third kappa shape index (κ3) is 2.72. The molecule has 3 unspecified atom stereocenters. The molecule has 1 spiro atoms. The van der Waals surface area contributed by atoms with Crippen molar-refractivity contribution in [1.29, 1.82) is 0 Å². The van der Waals surface area contributed by atoms with Gasteiger partial charge in [-0.3, -0.25) is 4.90 Å². The number of nitrogens with zero attached hydrogens (tertiary/aromatic N) is 1. The van der Waals surface area contributed by atoms with E-state index in [4.69, 9.17) is 15.2 Å². The first kappa shape index (κ1) is 14.3. The molecule has 1 saturated carbocycles. The molecule has 1 aliphatic carbocycles. The van der Waals surface area contributed by atoms with E-state index in [2.05, 4.69) is 25.7 Å². The first-order valence-electron chi connectivity index (χ1n) is 7.41. The predicted octanol–water partition coefficient (Wildman–Crippen LogP) is 1.73. The van der Waals surface area contributed by atoms with Gasteiger partial charge in [-0.15, -0.1) is 0 Å². The zero-order valence-corrected chi connectivity index (χ0v) is 12.0. The number of nitrogens with two attached hydrogens (primary N) is 1. The average Bonchev–Trinajstić information content (AvgIpc) is 2.83. The highest BCUT2D eigenvalue weighted by molar-refractivity contribution is 4.95. The molecule has 0 aromatic heterocycles. The quantitative estimate of drug-likeness (QED) is 0.832. The summed E-state index contributed by atoms with van der Waals surface area (Å²) in [5.41, 5.74) is 6.35. The van der Waals surface area contributed by atoms with Gasteiger partial charge in [-0.05, 0) is 26.3 Å². The second-order valence-electron chi connectivity index (χ2n) is 5.67. The first-order valence-corrected chi connectivity index (χ1v) is 7.41. The van der Waals surface area contributed by atoms with Crippen LogP contribution >= 0.6 is 0 Å². The van der Waals surface area contributed by atoms with Gasteiger partial charge < -0.3 is 15.2 Å². The summed E-state index contributed by atoms with van der Waals surface area (Å²) >= 11 is 0. The highest BCUT2D eigenvalue weighted by Gasteiger charge is 2.46. The zero-order chi connectivity index (χ0) is 13.2. The van der Waals surface area contributed by atoms with E-state index < -0.39 is 0 Å². The number of hydrogen-bond donors (Lipinski definition) is 1. The molecule has 0 aromatic carbocycles. The maximum atomic E-state index is 6.35. The molecule has 0 amide bonds. The van der Waals surface area contributed by atoms with Crippen molar-refractivity contribution in [2.24, 2.45) is 5.73 Å². The van der Waals surface area contributed by atoms with Crippen LogP contribution in [-0.4, -0.2) is 48.6 Å². The van der Waals surface area contributed by atoms with Crippen LogP contribution in [0, 0.1) is 0 Å². The molecule has 18 heavy (non-hydrogen) atoms. The van der Waals surface area contributed by atoms with Crippen molar-refractivity contribution in [3.8, 4) is 0 Å². The number of likely N-dealkylation sites (N-methyl/N-ethyl adjacent to an activating group) is 1.